The fourth-order valence-electron chi connectivity index (χ4n) is 3.91. The van der Waals surface area contributed by atoms with E-state index >= 15 is 0 Å². The van der Waals surface area contributed by atoms with Crippen LogP contribution in [0.4, 0.5) is 13.9 Å². The predicted octanol–water partition coefficient (Wildman–Crippen LogP) is 5.51. The molecule has 1 amide bonds. The van der Waals surface area contributed by atoms with E-state index in [1.165, 1.54) is 41.7 Å². The number of halogens is 2. The number of Topliss-reactive ketones (excluding diaryl/α,β-unsaturated/α-hetero) is 1. The zero-order valence-corrected chi connectivity index (χ0v) is 18.1. The lowest BCUT2D eigenvalue weighted by atomic mass is 9.95. The summed E-state index contributed by atoms with van der Waals surface area (Å²) < 4.78 is 29.1. The molecule has 1 fully saturated rings. The topological polar surface area (TPSA) is 70.5 Å². The second kappa shape index (κ2) is 7.90. The number of carbonyl (C=O) groups is 2. The van der Waals surface area contributed by atoms with Crippen molar-refractivity contribution in [1.29, 1.82) is 0 Å². The van der Waals surface area contributed by atoms with Crippen LogP contribution in [0.3, 0.4) is 0 Å². The van der Waals surface area contributed by atoms with Crippen molar-refractivity contribution >= 4 is 44.1 Å². The van der Waals surface area contributed by atoms with Gasteiger partial charge in [0.15, 0.2) is 5.13 Å². The SMILES string of the molecule is Cc1ccc2nc(N3C(=O)C(=O)C(=C(O)c4ccc(F)cc4)[C@H]3c3ccccc3F)sc2c1. The second-order valence-corrected chi connectivity index (χ2v) is 8.67. The molecule has 3 aromatic carbocycles. The van der Waals surface area contributed by atoms with E-state index in [1.54, 1.807) is 12.1 Å². The number of ketones is 1. The minimum Gasteiger partial charge on any atom is -0.507 e. The fourth-order valence-corrected chi connectivity index (χ4v) is 5.00. The number of fused-ring (bicyclic) bond motifs is 1. The Hall–Kier alpha value is -3.91. The Morgan fingerprint density at radius 1 is 1.03 bits per heavy atom. The van der Waals surface area contributed by atoms with E-state index < -0.39 is 35.1 Å². The highest BCUT2D eigenvalue weighted by atomic mass is 32.1. The van der Waals surface area contributed by atoms with Gasteiger partial charge in [0.05, 0.1) is 15.8 Å². The number of nitrogens with zero attached hydrogens (tertiary/aromatic N) is 2. The standard InChI is InChI=1S/C25H16F2N2O3S/c1-13-6-11-18-19(12-13)33-25(28-18)29-21(16-4-2-3-5-17(16)27)20(23(31)24(29)32)22(30)14-7-9-15(26)10-8-14/h2-12,21,30H,1H3/t21-/m1/s1. The normalized spacial score (nSPS) is 17.8. The number of aryl methyl sites for hydroxylation is 1. The summed E-state index contributed by atoms with van der Waals surface area (Å²) in [5.41, 5.74) is 1.52. The quantitative estimate of drug-likeness (QED) is 0.248. The summed E-state index contributed by atoms with van der Waals surface area (Å²) in [5.74, 6) is -3.58. The molecule has 4 aromatic rings. The number of amides is 1. The molecule has 0 bridgehead atoms. The molecule has 1 aromatic heterocycles. The summed E-state index contributed by atoms with van der Waals surface area (Å²) in [6.45, 7) is 1.92. The Bertz CT molecular complexity index is 1460. The molecule has 1 saturated heterocycles. The molecule has 164 valence electrons. The maximum Gasteiger partial charge on any atom is 0.301 e. The molecule has 5 rings (SSSR count). The van der Waals surface area contributed by atoms with Gasteiger partial charge in [-0.05, 0) is 55.0 Å². The van der Waals surface area contributed by atoms with Crippen molar-refractivity contribution in [1.82, 2.24) is 4.98 Å². The van der Waals surface area contributed by atoms with E-state index in [9.17, 15) is 23.5 Å². The molecule has 0 saturated carbocycles. The number of benzene rings is 3. The van der Waals surface area contributed by atoms with Crippen molar-refractivity contribution < 1.29 is 23.5 Å². The molecule has 1 atom stereocenters. The molecule has 0 aliphatic carbocycles. The second-order valence-electron chi connectivity index (χ2n) is 7.67. The number of aliphatic hydroxyl groups is 1. The molecular weight excluding hydrogens is 446 g/mol. The fraction of sp³-hybridized carbons (Fsp3) is 0.0800. The monoisotopic (exact) mass is 462 g/mol. The first-order valence-corrected chi connectivity index (χ1v) is 10.9. The van der Waals surface area contributed by atoms with Gasteiger partial charge >= 0.3 is 5.91 Å². The Labute approximate surface area is 191 Å². The van der Waals surface area contributed by atoms with Crippen LogP contribution in [-0.2, 0) is 9.59 Å². The number of rotatable bonds is 3. The first kappa shape index (κ1) is 21.0. The number of hydrogen-bond donors (Lipinski definition) is 1. The molecule has 1 aliphatic heterocycles. The van der Waals surface area contributed by atoms with Crippen LogP contribution in [0.2, 0.25) is 0 Å². The van der Waals surface area contributed by atoms with Crippen LogP contribution in [0.5, 0.6) is 0 Å². The minimum absolute atomic E-state index is 0.0378. The van der Waals surface area contributed by atoms with Crippen molar-refractivity contribution in [3.8, 4) is 0 Å². The zero-order valence-electron chi connectivity index (χ0n) is 17.3. The predicted molar refractivity (Wildman–Crippen MR) is 122 cm³/mol. The largest absolute Gasteiger partial charge is 0.507 e. The molecule has 2 heterocycles. The van der Waals surface area contributed by atoms with Gasteiger partial charge < -0.3 is 5.11 Å². The third-order valence-corrected chi connectivity index (χ3v) is 6.52. The highest BCUT2D eigenvalue weighted by Crippen LogP contribution is 2.44. The lowest BCUT2D eigenvalue weighted by Crippen LogP contribution is -2.29. The molecule has 5 nitrogen and oxygen atoms in total. The maximum atomic E-state index is 14.9. The van der Waals surface area contributed by atoms with Crippen LogP contribution >= 0.6 is 11.3 Å². The third kappa shape index (κ3) is 3.48. The van der Waals surface area contributed by atoms with E-state index in [0.717, 1.165) is 27.3 Å². The summed E-state index contributed by atoms with van der Waals surface area (Å²) in [7, 11) is 0. The van der Waals surface area contributed by atoms with E-state index in [4.69, 9.17) is 0 Å². The summed E-state index contributed by atoms with van der Waals surface area (Å²) in [6, 6.07) is 14.9. The minimum atomic E-state index is -1.24. The number of aliphatic hydroxyl groups excluding tert-OH is 1. The molecule has 0 radical (unpaired) electrons. The zero-order chi connectivity index (χ0) is 23.3. The molecule has 0 spiro atoms. The first-order chi connectivity index (χ1) is 15.8. The average molecular weight is 462 g/mol. The Kier molecular flexibility index (Phi) is 5.02. The van der Waals surface area contributed by atoms with E-state index in [2.05, 4.69) is 4.98 Å². The summed E-state index contributed by atoms with van der Waals surface area (Å²) in [6.07, 6.45) is 0. The van der Waals surface area contributed by atoms with Crippen LogP contribution in [0, 0.1) is 18.6 Å². The number of thiazole rings is 1. The molecule has 33 heavy (non-hydrogen) atoms. The Morgan fingerprint density at radius 2 is 1.76 bits per heavy atom. The van der Waals surface area contributed by atoms with Crippen LogP contribution < -0.4 is 4.90 Å². The molecule has 1 aliphatic rings. The van der Waals surface area contributed by atoms with Gasteiger partial charge in [0.1, 0.15) is 23.4 Å². The van der Waals surface area contributed by atoms with Crippen molar-refractivity contribution in [2.75, 3.05) is 4.90 Å². The van der Waals surface area contributed by atoms with Crippen molar-refractivity contribution in [3.05, 3.63) is 101 Å². The summed E-state index contributed by atoms with van der Waals surface area (Å²) in [4.78, 5) is 31.9. The summed E-state index contributed by atoms with van der Waals surface area (Å²) in [5, 5.41) is 11.2. The van der Waals surface area contributed by atoms with Gasteiger partial charge in [0.2, 0.25) is 0 Å². The molecule has 1 N–H and O–H groups in total. The number of hydrogen-bond acceptors (Lipinski definition) is 5. The van der Waals surface area contributed by atoms with Crippen LogP contribution in [0.15, 0.2) is 72.3 Å². The smallest absolute Gasteiger partial charge is 0.301 e. The Balaban J connectivity index is 1.75. The van der Waals surface area contributed by atoms with Gasteiger partial charge in [0.25, 0.3) is 5.78 Å². The van der Waals surface area contributed by atoms with Crippen LogP contribution in [0.1, 0.15) is 22.7 Å². The third-order valence-electron chi connectivity index (χ3n) is 5.50. The molecule has 8 heteroatoms. The Morgan fingerprint density at radius 3 is 2.48 bits per heavy atom. The molecule has 0 unspecified atom stereocenters. The highest BCUT2D eigenvalue weighted by Gasteiger charge is 2.49. The van der Waals surface area contributed by atoms with Gasteiger partial charge in [-0.3, -0.25) is 14.5 Å². The van der Waals surface area contributed by atoms with Crippen LogP contribution in [-0.4, -0.2) is 21.8 Å². The van der Waals surface area contributed by atoms with Crippen molar-refractivity contribution in [3.63, 3.8) is 0 Å². The number of aromatic nitrogens is 1. The van der Waals surface area contributed by atoms with E-state index in [-0.39, 0.29) is 21.8 Å². The lowest BCUT2D eigenvalue weighted by molar-refractivity contribution is -0.132. The van der Waals surface area contributed by atoms with Crippen LogP contribution in [0.25, 0.3) is 16.0 Å². The van der Waals surface area contributed by atoms with E-state index in [0.29, 0.717) is 5.52 Å². The lowest BCUT2D eigenvalue weighted by Gasteiger charge is -2.23. The van der Waals surface area contributed by atoms with Gasteiger partial charge in [-0.25, -0.2) is 13.8 Å². The highest BCUT2D eigenvalue weighted by molar-refractivity contribution is 7.22. The van der Waals surface area contributed by atoms with Crippen molar-refractivity contribution in [2.24, 2.45) is 0 Å². The van der Waals surface area contributed by atoms with Gasteiger partial charge in [-0.15, -0.1) is 0 Å². The van der Waals surface area contributed by atoms with Crippen molar-refractivity contribution in [2.45, 2.75) is 13.0 Å². The van der Waals surface area contributed by atoms with Gasteiger partial charge in [0, 0.05) is 11.1 Å². The average Bonchev–Trinajstić information content (AvgIpc) is 3.32. The summed E-state index contributed by atoms with van der Waals surface area (Å²) >= 11 is 1.20. The first-order valence-electron chi connectivity index (χ1n) is 10.0. The number of anilines is 1. The maximum absolute atomic E-state index is 14.9. The van der Waals surface area contributed by atoms with Gasteiger partial charge in [-0.1, -0.05) is 35.6 Å². The van der Waals surface area contributed by atoms with E-state index in [1.807, 2.05) is 19.1 Å². The molecular formula is C25H16F2N2O3S. The number of carbonyl (C=O) groups excluding carboxylic acids is 2. The van der Waals surface area contributed by atoms with Gasteiger partial charge in [-0.2, -0.15) is 0 Å².